The van der Waals surface area contributed by atoms with Crippen LogP contribution in [0.2, 0.25) is 0 Å². The van der Waals surface area contributed by atoms with Gasteiger partial charge >= 0.3 is 0 Å². The van der Waals surface area contributed by atoms with Gasteiger partial charge in [0.15, 0.2) is 0 Å². The Morgan fingerprint density at radius 2 is 1.84 bits per heavy atom. The number of likely N-dealkylation sites (tertiary alicyclic amines) is 1. The summed E-state index contributed by atoms with van der Waals surface area (Å²) in [7, 11) is 0. The number of ether oxygens (including phenoxy) is 1. The molecule has 1 N–H and O–H groups in total. The molecular weight excluding hydrogens is 236 g/mol. The van der Waals surface area contributed by atoms with Crippen LogP contribution < -0.4 is 5.32 Å². The fraction of sp³-hybridized carbons (Fsp3) is 1.00. The van der Waals surface area contributed by atoms with Crippen LogP contribution >= 0.6 is 0 Å². The van der Waals surface area contributed by atoms with Gasteiger partial charge in [0.05, 0.1) is 6.61 Å². The summed E-state index contributed by atoms with van der Waals surface area (Å²) in [5, 5.41) is 3.48. The monoisotopic (exact) mass is 270 g/mol. The van der Waals surface area contributed by atoms with E-state index in [9.17, 15) is 0 Å². The maximum atomic E-state index is 5.53. The number of nitrogens with one attached hydrogen (secondary N) is 1. The maximum Gasteiger partial charge on any atom is 0.0590 e. The molecule has 1 saturated heterocycles. The third-order valence-electron chi connectivity index (χ3n) is 4.59. The number of unbranched alkanes of at least 4 members (excludes halogenated alkanes) is 1. The first kappa shape index (κ1) is 16.9. The van der Waals surface area contributed by atoms with Crippen LogP contribution in [-0.4, -0.2) is 50.8 Å². The van der Waals surface area contributed by atoms with E-state index in [1.54, 1.807) is 0 Å². The first-order valence-electron chi connectivity index (χ1n) is 8.21. The molecule has 19 heavy (non-hydrogen) atoms. The van der Waals surface area contributed by atoms with Crippen molar-refractivity contribution >= 4 is 0 Å². The number of nitrogens with zero attached hydrogens (tertiary/aromatic N) is 1. The average Bonchev–Trinajstić information content (AvgIpc) is 2.44. The van der Waals surface area contributed by atoms with E-state index in [2.05, 4.69) is 31.0 Å². The molecule has 0 aromatic heterocycles. The van der Waals surface area contributed by atoms with Crippen molar-refractivity contribution in [3.05, 3.63) is 0 Å². The van der Waals surface area contributed by atoms with Crippen LogP contribution in [0.25, 0.3) is 0 Å². The highest BCUT2D eigenvalue weighted by Crippen LogP contribution is 2.33. The van der Waals surface area contributed by atoms with Gasteiger partial charge in [0.2, 0.25) is 0 Å². The van der Waals surface area contributed by atoms with Gasteiger partial charge in [-0.1, -0.05) is 33.6 Å². The molecule has 0 amide bonds. The van der Waals surface area contributed by atoms with Crippen molar-refractivity contribution in [2.24, 2.45) is 5.41 Å². The minimum atomic E-state index is 0.608. The van der Waals surface area contributed by atoms with Crippen molar-refractivity contribution in [3.63, 3.8) is 0 Å². The number of hydrogen-bond donors (Lipinski definition) is 1. The van der Waals surface area contributed by atoms with Gasteiger partial charge in [-0.25, -0.2) is 0 Å². The van der Waals surface area contributed by atoms with Gasteiger partial charge in [0.1, 0.15) is 0 Å². The lowest BCUT2D eigenvalue weighted by Gasteiger charge is -2.38. The van der Waals surface area contributed by atoms with Crippen LogP contribution in [0.5, 0.6) is 0 Å². The fourth-order valence-electron chi connectivity index (χ4n) is 2.52. The summed E-state index contributed by atoms with van der Waals surface area (Å²) in [6.07, 6.45) is 6.46. The molecule has 0 unspecified atom stereocenters. The molecule has 0 saturated carbocycles. The SMILES string of the molecule is CCCCOCCNCCN1CCC(C)(CC)CC1. The lowest BCUT2D eigenvalue weighted by molar-refractivity contribution is 0.112. The summed E-state index contributed by atoms with van der Waals surface area (Å²) in [6.45, 7) is 14.6. The summed E-state index contributed by atoms with van der Waals surface area (Å²) in [4.78, 5) is 2.60. The van der Waals surface area contributed by atoms with Crippen LogP contribution in [-0.2, 0) is 4.74 Å². The highest BCUT2D eigenvalue weighted by atomic mass is 16.5. The molecule has 3 nitrogen and oxygen atoms in total. The van der Waals surface area contributed by atoms with Crippen molar-refractivity contribution in [1.29, 1.82) is 0 Å². The summed E-state index contributed by atoms with van der Waals surface area (Å²) >= 11 is 0. The molecule has 114 valence electrons. The molecule has 0 bridgehead atoms. The van der Waals surface area contributed by atoms with E-state index in [1.165, 1.54) is 51.7 Å². The largest absolute Gasteiger partial charge is 0.380 e. The molecule has 1 heterocycles. The lowest BCUT2D eigenvalue weighted by atomic mass is 9.78. The quantitative estimate of drug-likeness (QED) is 0.618. The van der Waals surface area contributed by atoms with Crippen molar-refractivity contribution in [1.82, 2.24) is 10.2 Å². The Morgan fingerprint density at radius 3 is 2.47 bits per heavy atom. The first-order valence-corrected chi connectivity index (χ1v) is 8.21. The van der Waals surface area contributed by atoms with Crippen molar-refractivity contribution < 1.29 is 4.74 Å². The fourth-order valence-corrected chi connectivity index (χ4v) is 2.52. The normalized spacial score (nSPS) is 19.7. The molecule has 0 aliphatic carbocycles. The summed E-state index contributed by atoms with van der Waals surface area (Å²) in [6, 6.07) is 0. The topological polar surface area (TPSA) is 24.5 Å². The molecule has 0 aromatic carbocycles. The molecule has 0 radical (unpaired) electrons. The number of rotatable bonds is 10. The molecule has 0 aromatic rings. The highest BCUT2D eigenvalue weighted by Gasteiger charge is 2.27. The van der Waals surface area contributed by atoms with E-state index in [0.29, 0.717) is 5.41 Å². The Labute approximate surface area is 120 Å². The second-order valence-electron chi connectivity index (χ2n) is 6.22. The Morgan fingerprint density at radius 1 is 1.11 bits per heavy atom. The van der Waals surface area contributed by atoms with Crippen LogP contribution in [0.3, 0.4) is 0 Å². The average molecular weight is 270 g/mol. The second kappa shape index (κ2) is 9.73. The third kappa shape index (κ3) is 7.28. The maximum absolute atomic E-state index is 5.53. The van der Waals surface area contributed by atoms with E-state index < -0.39 is 0 Å². The van der Waals surface area contributed by atoms with E-state index in [-0.39, 0.29) is 0 Å². The van der Waals surface area contributed by atoms with E-state index >= 15 is 0 Å². The summed E-state index contributed by atoms with van der Waals surface area (Å²) < 4.78 is 5.53. The Kier molecular flexibility index (Phi) is 8.67. The van der Waals surface area contributed by atoms with Gasteiger partial charge in [-0.15, -0.1) is 0 Å². The van der Waals surface area contributed by atoms with Crippen molar-refractivity contribution in [2.75, 3.05) is 45.9 Å². The standard InChI is InChI=1S/C16H34N2O/c1-4-6-14-19-15-10-17-9-13-18-11-7-16(3,5-2)8-12-18/h17H,4-15H2,1-3H3. The van der Waals surface area contributed by atoms with Gasteiger partial charge in [-0.2, -0.15) is 0 Å². The second-order valence-corrected chi connectivity index (χ2v) is 6.22. The predicted octanol–water partition coefficient (Wildman–Crippen LogP) is 2.90. The number of hydrogen-bond acceptors (Lipinski definition) is 3. The van der Waals surface area contributed by atoms with Crippen LogP contribution in [0.1, 0.15) is 52.9 Å². The van der Waals surface area contributed by atoms with Crippen LogP contribution in [0, 0.1) is 5.41 Å². The van der Waals surface area contributed by atoms with E-state index in [1.807, 2.05) is 0 Å². The van der Waals surface area contributed by atoms with Gasteiger partial charge in [-0.05, 0) is 37.8 Å². The highest BCUT2D eigenvalue weighted by molar-refractivity contribution is 4.81. The van der Waals surface area contributed by atoms with Gasteiger partial charge < -0.3 is 15.0 Å². The molecule has 1 aliphatic heterocycles. The third-order valence-corrected chi connectivity index (χ3v) is 4.59. The predicted molar refractivity (Wildman–Crippen MR) is 82.7 cm³/mol. The molecule has 1 aliphatic rings. The zero-order chi connectivity index (χ0) is 14.0. The zero-order valence-corrected chi connectivity index (χ0v) is 13.3. The molecule has 0 spiro atoms. The minimum absolute atomic E-state index is 0.608. The molecule has 1 rings (SSSR count). The first-order chi connectivity index (χ1) is 9.20. The molecule has 1 fully saturated rings. The lowest BCUT2D eigenvalue weighted by Crippen LogP contribution is -2.41. The van der Waals surface area contributed by atoms with Crippen molar-refractivity contribution in [3.8, 4) is 0 Å². The molecule has 3 heteroatoms. The minimum Gasteiger partial charge on any atom is -0.380 e. The molecule has 0 atom stereocenters. The Hall–Kier alpha value is -0.120. The van der Waals surface area contributed by atoms with Gasteiger partial charge in [0.25, 0.3) is 0 Å². The smallest absolute Gasteiger partial charge is 0.0590 e. The Balaban J connectivity index is 1.91. The molecular formula is C16H34N2O. The van der Waals surface area contributed by atoms with Crippen LogP contribution in [0.15, 0.2) is 0 Å². The number of piperidine rings is 1. The Bertz CT molecular complexity index is 213. The summed E-state index contributed by atoms with van der Waals surface area (Å²) in [5.74, 6) is 0. The van der Waals surface area contributed by atoms with Gasteiger partial charge in [0, 0.05) is 26.2 Å². The van der Waals surface area contributed by atoms with Gasteiger partial charge in [-0.3, -0.25) is 0 Å². The van der Waals surface area contributed by atoms with Crippen LogP contribution in [0.4, 0.5) is 0 Å². The van der Waals surface area contributed by atoms with Crippen molar-refractivity contribution in [2.45, 2.75) is 52.9 Å². The summed E-state index contributed by atoms with van der Waals surface area (Å²) in [5.41, 5.74) is 0.608. The van der Waals surface area contributed by atoms with E-state index in [4.69, 9.17) is 4.74 Å². The van der Waals surface area contributed by atoms with E-state index in [0.717, 1.165) is 26.3 Å². The zero-order valence-electron chi connectivity index (χ0n) is 13.3.